The molecule has 7 heteroatoms. The highest BCUT2D eigenvalue weighted by Gasteiger charge is 2.36. The molecular formula is C22H28N3O3S+. The lowest BCUT2D eigenvalue weighted by Gasteiger charge is -2.35. The molecule has 0 aliphatic carbocycles. The molecule has 2 atom stereocenters. The molecule has 2 unspecified atom stereocenters. The molecule has 2 aromatic rings. The lowest BCUT2D eigenvalue weighted by molar-refractivity contribution is -0.918. The van der Waals surface area contributed by atoms with Crippen LogP contribution in [-0.4, -0.2) is 48.0 Å². The van der Waals surface area contributed by atoms with Gasteiger partial charge in [-0.05, 0) is 38.1 Å². The summed E-state index contributed by atoms with van der Waals surface area (Å²) in [6.45, 7) is 6.94. The molecule has 1 amide bonds. The molecule has 0 spiro atoms. The predicted molar refractivity (Wildman–Crippen MR) is 115 cm³/mol. The number of nitrogens with zero attached hydrogens (tertiary/aromatic N) is 2. The predicted octanol–water partition coefficient (Wildman–Crippen LogP) is 4.41. The summed E-state index contributed by atoms with van der Waals surface area (Å²) in [5.41, 5.74) is 1.42. The summed E-state index contributed by atoms with van der Waals surface area (Å²) in [5, 5.41) is 14.6. The fraction of sp³-hybridized carbons (Fsp3) is 0.409. The molecule has 3 rings (SSSR count). The first-order chi connectivity index (χ1) is 13.8. The Bertz CT molecular complexity index is 901. The van der Waals surface area contributed by atoms with Crippen LogP contribution in [0.3, 0.4) is 0 Å². The highest BCUT2D eigenvalue weighted by Crippen LogP contribution is 2.35. The van der Waals surface area contributed by atoms with E-state index in [0.717, 1.165) is 34.5 Å². The zero-order valence-corrected chi connectivity index (χ0v) is 18.0. The second kappa shape index (κ2) is 8.97. The first-order valence-corrected chi connectivity index (χ1v) is 10.8. The van der Waals surface area contributed by atoms with Crippen molar-refractivity contribution in [1.82, 2.24) is 5.32 Å². The molecule has 6 nitrogen and oxygen atoms in total. The highest BCUT2D eigenvalue weighted by molar-refractivity contribution is 7.99. The molecular weight excluding hydrogens is 386 g/mol. The van der Waals surface area contributed by atoms with E-state index in [0.29, 0.717) is 23.0 Å². The van der Waals surface area contributed by atoms with E-state index in [4.69, 9.17) is 0 Å². The number of nitro benzene ring substituents is 1. The van der Waals surface area contributed by atoms with Crippen molar-refractivity contribution in [3.63, 3.8) is 0 Å². The number of hydrogen-bond acceptors (Lipinski definition) is 4. The molecule has 0 bridgehead atoms. The quantitative estimate of drug-likeness (QED) is 0.414. The van der Waals surface area contributed by atoms with E-state index in [1.54, 1.807) is 12.1 Å². The molecule has 0 aromatic heterocycles. The van der Waals surface area contributed by atoms with Crippen LogP contribution in [0.4, 0.5) is 5.69 Å². The number of nitrogens with one attached hydrogen (secondary N) is 1. The molecule has 29 heavy (non-hydrogen) atoms. The Morgan fingerprint density at radius 1 is 1.28 bits per heavy atom. The third-order valence-corrected chi connectivity index (χ3v) is 7.05. The van der Waals surface area contributed by atoms with E-state index < -0.39 is 4.92 Å². The van der Waals surface area contributed by atoms with Crippen molar-refractivity contribution in [1.29, 1.82) is 0 Å². The van der Waals surface area contributed by atoms with Crippen LogP contribution in [0.2, 0.25) is 0 Å². The lowest BCUT2D eigenvalue weighted by atomic mass is 10.1. The first kappa shape index (κ1) is 21.3. The molecule has 1 saturated heterocycles. The van der Waals surface area contributed by atoms with Gasteiger partial charge in [0, 0.05) is 29.4 Å². The van der Waals surface area contributed by atoms with Gasteiger partial charge in [-0.1, -0.05) is 29.5 Å². The number of carbonyl (C=O) groups excluding carboxylic acids is 1. The third kappa shape index (κ3) is 4.97. The van der Waals surface area contributed by atoms with Gasteiger partial charge in [0.15, 0.2) is 0 Å². The second-order valence-electron chi connectivity index (χ2n) is 7.88. The van der Waals surface area contributed by atoms with Crippen LogP contribution in [0.1, 0.15) is 35.7 Å². The molecule has 1 aliphatic heterocycles. The molecule has 1 heterocycles. The van der Waals surface area contributed by atoms with Crippen molar-refractivity contribution in [3.8, 4) is 0 Å². The van der Waals surface area contributed by atoms with Crippen molar-refractivity contribution in [2.45, 2.75) is 42.5 Å². The van der Waals surface area contributed by atoms with E-state index in [2.05, 4.69) is 19.3 Å². The lowest BCUT2D eigenvalue weighted by Crippen LogP contribution is -2.52. The third-order valence-electron chi connectivity index (χ3n) is 5.98. The van der Waals surface area contributed by atoms with Gasteiger partial charge in [0.25, 0.3) is 11.6 Å². The summed E-state index contributed by atoms with van der Waals surface area (Å²) in [5.74, 6) is -0.255. The van der Waals surface area contributed by atoms with Gasteiger partial charge in [-0.15, -0.1) is 0 Å². The van der Waals surface area contributed by atoms with Crippen molar-refractivity contribution in [3.05, 3.63) is 63.7 Å². The standard InChI is InChI=1S/C22H27N3O3S/c1-4-25(3)13-5-6-18(25)15-23-22(26)17-9-12-21(20(14-17)24(27)28)29-19-10-7-16(2)8-11-19/h7-12,14,18H,4-6,13,15H2,1-3H3/p+1. The van der Waals surface area contributed by atoms with Crippen LogP contribution in [0, 0.1) is 17.0 Å². The van der Waals surface area contributed by atoms with Crippen LogP contribution < -0.4 is 5.32 Å². The zero-order chi connectivity index (χ0) is 21.0. The SMILES string of the molecule is CC[N+]1(C)CCCC1CNC(=O)c1ccc(Sc2ccc(C)cc2)c([N+](=O)[O-])c1. The normalized spacial score (nSPS) is 21.1. The number of quaternary nitrogens is 1. The smallest absolute Gasteiger partial charge is 0.284 e. The largest absolute Gasteiger partial charge is 0.346 e. The molecule has 0 radical (unpaired) electrons. The maximum Gasteiger partial charge on any atom is 0.284 e. The summed E-state index contributed by atoms with van der Waals surface area (Å²) in [7, 11) is 2.23. The number of likely N-dealkylation sites (N-methyl/N-ethyl adjacent to an activating group) is 1. The average Bonchev–Trinajstić information content (AvgIpc) is 3.09. The van der Waals surface area contributed by atoms with Gasteiger partial charge in [-0.3, -0.25) is 14.9 Å². The summed E-state index contributed by atoms with van der Waals surface area (Å²) >= 11 is 1.33. The van der Waals surface area contributed by atoms with E-state index in [1.807, 2.05) is 31.2 Å². The van der Waals surface area contributed by atoms with Gasteiger partial charge < -0.3 is 9.80 Å². The summed E-state index contributed by atoms with van der Waals surface area (Å²) in [4.78, 5) is 25.3. The minimum atomic E-state index is -0.421. The van der Waals surface area contributed by atoms with Gasteiger partial charge in [-0.2, -0.15) is 0 Å². The van der Waals surface area contributed by atoms with Crippen LogP contribution in [0.15, 0.2) is 52.3 Å². The van der Waals surface area contributed by atoms with Crippen LogP contribution in [0.5, 0.6) is 0 Å². The van der Waals surface area contributed by atoms with Gasteiger partial charge in [0.05, 0.1) is 36.5 Å². The first-order valence-electron chi connectivity index (χ1n) is 9.98. The number of nitro groups is 1. The molecule has 1 N–H and O–H groups in total. The molecule has 1 aliphatic rings. The maximum absolute atomic E-state index is 12.6. The van der Waals surface area contributed by atoms with Crippen LogP contribution in [0.25, 0.3) is 0 Å². The number of amides is 1. The average molecular weight is 415 g/mol. The Morgan fingerprint density at radius 3 is 2.66 bits per heavy atom. The van der Waals surface area contributed by atoms with E-state index in [1.165, 1.54) is 24.2 Å². The summed E-state index contributed by atoms with van der Waals surface area (Å²) in [6.07, 6.45) is 2.26. The second-order valence-corrected chi connectivity index (χ2v) is 9.00. The van der Waals surface area contributed by atoms with Crippen molar-refractivity contribution in [2.75, 3.05) is 26.7 Å². The number of carbonyl (C=O) groups is 1. The van der Waals surface area contributed by atoms with Gasteiger partial charge in [-0.25, -0.2) is 0 Å². The summed E-state index contributed by atoms with van der Waals surface area (Å²) in [6, 6.07) is 12.9. The number of aryl methyl sites for hydroxylation is 1. The van der Waals surface area contributed by atoms with Crippen molar-refractivity contribution in [2.24, 2.45) is 0 Å². The topological polar surface area (TPSA) is 72.2 Å². The monoisotopic (exact) mass is 414 g/mol. The van der Waals surface area contributed by atoms with Gasteiger partial charge in [0.1, 0.15) is 6.04 Å². The minimum Gasteiger partial charge on any atom is -0.346 e. The number of likely N-dealkylation sites (tertiary alicyclic amines) is 1. The summed E-state index contributed by atoms with van der Waals surface area (Å²) < 4.78 is 0.965. The van der Waals surface area contributed by atoms with Crippen molar-refractivity contribution < 1.29 is 14.2 Å². The Hall–Kier alpha value is -2.38. The fourth-order valence-electron chi connectivity index (χ4n) is 3.85. The number of hydrogen-bond donors (Lipinski definition) is 1. The molecule has 154 valence electrons. The molecule has 2 aromatic carbocycles. The van der Waals surface area contributed by atoms with Crippen LogP contribution in [-0.2, 0) is 0 Å². The van der Waals surface area contributed by atoms with E-state index in [-0.39, 0.29) is 11.6 Å². The Labute approximate surface area is 176 Å². The zero-order valence-electron chi connectivity index (χ0n) is 17.2. The minimum absolute atomic E-state index is 0.0433. The Morgan fingerprint density at radius 2 is 2.00 bits per heavy atom. The van der Waals surface area contributed by atoms with Gasteiger partial charge in [0.2, 0.25) is 0 Å². The van der Waals surface area contributed by atoms with E-state index >= 15 is 0 Å². The number of rotatable bonds is 7. The van der Waals surface area contributed by atoms with Crippen molar-refractivity contribution >= 4 is 23.4 Å². The number of benzene rings is 2. The van der Waals surface area contributed by atoms with Crippen LogP contribution >= 0.6 is 11.8 Å². The maximum atomic E-state index is 12.6. The highest BCUT2D eigenvalue weighted by atomic mass is 32.2. The van der Waals surface area contributed by atoms with Gasteiger partial charge >= 0.3 is 0 Å². The van der Waals surface area contributed by atoms with E-state index in [9.17, 15) is 14.9 Å². The Kier molecular flexibility index (Phi) is 6.59. The molecule has 0 saturated carbocycles. The fourth-order valence-corrected chi connectivity index (χ4v) is 4.75. The molecule has 1 fully saturated rings. The Balaban J connectivity index is 1.72.